The molecule has 1 aliphatic heterocycles. The van der Waals surface area contributed by atoms with Gasteiger partial charge < -0.3 is 4.74 Å². The predicted molar refractivity (Wildman–Crippen MR) is 32.3 cm³/mol. The number of likely N-dealkylation sites (N-methyl/N-ethyl adjacent to an activating group) is 1. The first kappa shape index (κ1) is 6.22. The molecule has 0 bridgehead atoms. The summed E-state index contributed by atoms with van der Waals surface area (Å²) in [6.07, 6.45) is 1.51. The molecule has 0 fully saturated rings. The van der Waals surface area contributed by atoms with E-state index >= 15 is 0 Å². The van der Waals surface area contributed by atoms with Crippen LogP contribution in [0.2, 0.25) is 0 Å². The second kappa shape index (κ2) is 1.80. The van der Waals surface area contributed by atoms with Crippen LogP contribution in [0.5, 0.6) is 0 Å². The summed E-state index contributed by atoms with van der Waals surface area (Å²) in [5.74, 6) is -0.356. The summed E-state index contributed by atoms with van der Waals surface area (Å²) in [6, 6.07) is 0. The first-order valence-electron chi connectivity index (χ1n) is 2.59. The minimum absolute atomic E-state index is 0.356. The van der Waals surface area contributed by atoms with Crippen LogP contribution in [0.25, 0.3) is 0 Å². The third kappa shape index (κ3) is 0.810. The van der Waals surface area contributed by atoms with Crippen molar-refractivity contribution in [1.82, 2.24) is 5.32 Å². The highest BCUT2D eigenvalue weighted by atomic mass is 16.5. The first-order chi connectivity index (χ1) is 4.25. The Kier molecular flexibility index (Phi) is 1.25. The van der Waals surface area contributed by atoms with Crippen LogP contribution < -0.4 is 5.32 Å². The lowest BCUT2D eigenvalue weighted by atomic mass is 10.3. The third-order valence-electron chi connectivity index (χ3n) is 1.27. The van der Waals surface area contributed by atoms with Gasteiger partial charge in [0.1, 0.15) is 0 Å². The van der Waals surface area contributed by atoms with Crippen LogP contribution in [0.15, 0.2) is 4.99 Å². The van der Waals surface area contributed by atoms with Gasteiger partial charge >= 0.3 is 5.97 Å². The normalized spacial score (nSPS) is 30.0. The summed E-state index contributed by atoms with van der Waals surface area (Å²) < 4.78 is 4.44. The van der Waals surface area contributed by atoms with Gasteiger partial charge in [-0.3, -0.25) is 10.3 Å². The van der Waals surface area contributed by atoms with E-state index in [9.17, 15) is 4.79 Å². The van der Waals surface area contributed by atoms with E-state index in [-0.39, 0.29) is 5.97 Å². The van der Waals surface area contributed by atoms with E-state index in [4.69, 9.17) is 0 Å². The van der Waals surface area contributed by atoms with Crippen LogP contribution in [0, 0.1) is 0 Å². The standard InChI is InChI=1S/C5H8N2O2/c1-6-5(3-7-5)4(8)9-2/h3,6H,1-2H3. The number of ether oxygens (including phenoxy) is 1. The van der Waals surface area contributed by atoms with Crippen molar-refractivity contribution in [3.8, 4) is 0 Å². The number of hydrogen-bond donors (Lipinski definition) is 1. The van der Waals surface area contributed by atoms with E-state index in [1.54, 1.807) is 7.05 Å². The van der Waals surface area contributed by atoms with Crippen molar-refractivity contribution in [3.05, 3.63) is 0 Å². The molecule has 0 aromatic carbocycles. The highest BCUT2D eigenvalue weighted by Crippen LogP contribution is 2.16. The monoisotopic (exact) mass is 128 g/mol. The van der Waals surface area contributed by atoms with Crippen LogP contribution in [-0.4, -0.2) is 32.0 Å². The Morgan fingerprint density at radius 2 is 2.44 bits per heavy atom. The average molecular weight is 128 g/mol. The largest absolute Gasteiger partial charge is 0.466 e. The first-order valence-corrected chi connectivity index (χ1v) is 2.59. The predicted octanol–water partition coefficient (Wildman–Crippen LogP) is -0.841. The fourth-order valence-corrected chi connectivity index (χ4v) is 0.557. The third-order valence-corrected chi connectivity index (χ3v) is 1.27. The average Bonchev–Trinajstić information content (AvgIpc) is 2.66. The van der Waals surface area contributed by atoms with E-state index < -0.39 is 5.66 Å². The Morgan fingerprint density at radius 1 is 1.89 bits per heavy atom. The molecule has 0 aromatic rings. The minimum Gasteiger partial charge on any atom is -0.466 e. The summed E-state index contributed by atoms with van der Waals surface area (Å²) in [6.45, 7) is 0. The van der Waals surface area contributed by atoms with Gasteiger partial charge in [0, 0.05) is 0 Å². The van der Waals surface area contributed by atoms with Gasteiger partial charge in [-0.15, -0.1) is 0 Å². The molecule has 1 rings (SSSR count). The molecule has 0 amide bonds. The molecule has 4 heteroatoms. The number of carbonyl (C=O) groups excluding carboxylic acids is 1. The second-order valence-corrected chi connectivity index (χ2v) is 1.77. The maximum absolute atomic E-state index is 10.7. The van der Waals surface area contributed by atoms with Crippen LogP contribution in [0.1, 0.15) is 0 Å². The summed E-state index contributed by atoms with van der Waals surface area (Å²) in [5, 5.41) is 2.71. The Morgan fingerprint density at radius 3 is 2.56 bits per heavy atom. The molecule has 0 radical (unpaired) electrons. The SMILES string of the molecule is CNC1(C(=O)OC)C=N1. The van der Waals surface area contributed by atoms with Crippen molar-refractivity contribution in [3.63, 3.8) is 0 Å². The van der Waals surface area contributed by atoms with Gasteiger partial charge in [0.2, 0.25) is 5.66 Å². The molecule has 0 aromatic heterocycles. The van der Waals surface area contributed by atoms with Crippen molar-refractivity contribution in [1.29, 1.82) is 0 Å². The number of hydrogen-bond acceptors (Lipinski definition) is 4. The molecular formula is C5H8N2O2. The number of rotatable bonds is 2. The maximum Gasteiger partial charge on any atom is 0.354 e. The molecule has 1 unspecified atom stereocenters. The lowest BCUT2D eigenvalue weighted by Gasteiger charge is -2.07. The van der Waals surface area contributed by atoms with Crippen molar-refractivity contribution in [2.45, 2.75) is 5.66 Å². The Labute approximate surface area is 52.9 Å². The van der Waals surface area contributed by atoms with E-state index in [2.05, 4.69) is 15.0 Å². The van der Waals surface area contributed by atoms with Gasteiger partial charge in [-0.05, 0) is 7.05 Å². The van der Waals surface area contributed by atoms with Gasteiger partial charge in [0.25, 0.3) is 0 Å². The van der Waals surface area contributed by atoms with Gasteiger partial charge in [-0.25, -0.2) is 4.79 Å². The summed E-state index contributed by atoms with van der Waals surface area (Å²) in [5.41, 5.74) is -0.811. The van der Waals surface area contributed by atoms with Gasteiger partial charge in [-0.1, -0.05) is 0 Å². The molecule has 0 saturated carbocycles. The molecule has 0 saturated heterocycles. The molecule has 1 N–H and O–H groups in total. The number of methoxy groups -OCH3 is 1. The smallest absolute Gasteiger partial charge is 0.354 e. The van der Waals surface area contributed by atoms with E-state index in [1.165, 1.54) is 13.3 Å². The summed E-state index contributed by atoms with van der Waals surface area (Å²) in [4.78, 5) is 14.4. The number of aliphatic imine (C=N–C) groups is 1. The van der Waals surface area contributed by atoms with Crippen molar-refractivity contribution in [2.75, 3.05) is 14.2 Å². The molecule has 1 atom stereocenters. The number of esters is 1. The fraction of sp³-hybridized carbons (Fsp3) is 0.600. The van der Waals surface area contributed by atoms with Crippen LogP contribution in [0.4, 0.5) is 0 Å². The van der Waals surface area contributed by atoms with E-state index in [0.29, 0.717) is 0 Å². The molecule has 1 heterocycles. The Balaban J connectivity index is 2.51. The molecule has 4 nitrogen and oxygen atoms in total. The highest BCUT2D eigenvalue weighted by molar-refractivity contribution is 6.08. The topological polar surface area (TPSA) is 50.7 Å². The summed E-state index contributed by atoms with van der Waals surface area (Å²) in [7, 11) is 2.99. The zero-order valence-electron chi connectivity index (χ0n) is 5.34. The molecule has 9 heavy (non-hydrogen) atoms. The molecule has 0 spiro atoms. The minimum atomic E-state index is -0.811. The molecule has 1 aliphatic rings. The van der Waals surface area contributed by atoms with E-state index in [1.807, 2.05) is 0 Å². The lowest BCUT2D eigenvalue weighted by molar-refractivity contribution is -0.143. The number of nitrogens with zero attached hydrogens (tertiary/aromatic N) is 1. The molecular weight excluding hydrogens is 120 g/mol. The maximum atomic E-state index is 10.7. The summed E-state index contributed by atoms with van der Waals surface area (Å²) >= 11 is 0. The quantitative estimate of drug-likeness (QED) is 0.493. The van der Waals surface area contributed by atoms with Crippen molar-refractivity contribution in [2.24, 2.45) is 4.99 Å². The van der Waals surface area contributed by atoms with Crippen LogP contribution in [-0.2, 0) is 9.53 Å². The van der Waals surface area contributed by atoms with Gasteiger partial charge in [-0.2, -0.15) is 0 Å². The van der Waals surface area contributed by atoms with E-state index in [0.717, 1.165) is 0 Å². The molecule has 50 valence electrons. The van der Waals surface area contributed by atoms with Gasteiger partial charge in [0.05, 0.1) is 13.3 Å². The zero-order chi connectivity index (χ0) is 6.91. The van der Waals surface area contributed by atoms with Crippen LogP contribution >= 0.6 is 0 Å². The van der Waals surface area contributed by atoms with Crippen molar-refractivity contribution < 1.29 is 9.53 Å². The Hall–Kier alpha value is -0.900. The molecule has 0 aliphatic carbocycles. The Bertz CT molecular complexity index is 158. The van der Waals surface area contributed by atoms with Crippen LogP contribution in [0.3, 0.4) is 0 Å². The fourth-order valence-electron chi connectivity index (χ4n) is 0.557. The number of carbonyl (C=O) groups is 1. The van der Waals surface area contributed by atoms with Crippen molar-refractivity contribution >= 4 is 12.2 Å². The van der Waals surface area contributed by atoms with Gasteiger partial charge in [0.15, 0.2) is 0 Å². The number of nitrogens with one attached hydrogen (secondary N) is 1. The highest BCUT2D eigenvalue weighted by Gasteiger charge is 2.44. The second-order valence-electron chi connectivity index (χ2n) is 1.77. The zero-order valence-corrected chi connectivity index (χ0v) is 5.34. The lowest BCUT2D eigenvalue weighted by Crippen LogP contribution is -2.40.